The number of benzene rings is 1. The molecule has 0 amide bonds. The Hall–Kier alpha value is -1.75. The number of aryl methyl sites for hydroxylation is 1. The first-order chi connectivity index (χ1) is 10.6. The van der Waals surface area contributed by atoms with Crippen LogP contribution in [0.5, 0.6) is 0 Å². The van der Waals surface area contributed by atoms with Crippen molar-refractivity contribution in [2.24, 2.45) is 7.05 Å². The molecule has 0 spiro atoms. The maximum absolute atomic E-state index is 13.4. The van der Waals surface area contributed by atoms with Crippen LogP contribution in [-0.4, -0.2) is 21.2 Å². The van der Waals surface area contributed by atoms with E-state index in [1.807, 2.05) is 19.3 Å². The van der Waals surface area contributed by atoms with Crippen molar-refractivity contribution in [3.63, 3.8) is 0 Å². The largest absolute Gasteiger partial charge is 0.290 e. The molecule has 0 saturated carbocycles. The van der Waals surface area contributed by atoms with Gasteiger partial charge in [0.1, 0.15) is 11.6 Å². The van der Waals surface area contributed by atoms with Gasteiger partial charge in [-0.15, -0.1) is 0 Å². The summed E-state index contributed by atoms with van der Waals surface area (Å²) in [4.78, 5) is 2.30. The number of aromatic nitrogens is 2. The third kappa shape index (κ3) is 3.53. The predicted octanol–water partition coefficient (Wildman–Crippen LogP) is 3.82. The van der Waals surface area contributed by atoms with Crippen molar-refractivity contribution in [2.75, 3.05) is 6.54 Å². The van der Waals surface area contributed by atoms with Gasteiger partial charge in [-0.3, -0.25) is 9.58 Å². The van der Waals surface area contributed by atoms with Gasteiger partial charge in [-0.05, 0) is 43.1 Å². The minimum absolute atomic E-state index is 0.218. The van der Waals surface area contributed by atoms with E-state index in [1.165, 1.54) is 18.6 Å². The monoisotopic (exact) mass is 305 g/mol. The molecule has 1 saturated heterocycles. The fourth-order valence-corrected chi connectivity index (χ4v) is 3.24. The van der Waals surface area contributed by atoms with Crippen LogP contribution in [0.25, 0.3) is 0 Å². The van der Waals surface area contributed by atoms with Crippen LogP contribution in [0.4, 0.5) is 8.78 Å². The summed E-state index contributed by atoms with van der Waals surface area (Å²) in [6.45, 7) is 1.48. The number of hydrogen-bond acceptors (Lipinski definition) is 2. The Bertz CT molecular complexity index is 618. The van der Waals surface area contributed by atoms with Crippen LogP contribution in [-0.2, 0) is 13.6 Å². The van der Waals surface area contributed by atoms with Crippen LogP contribution in [0.2, 0.25) is 0 Å². The summed E-state index contributed by atoms with van der Waals surface area (Å²) < 4.78 is 28.6. The Morgan fingerprint density at radius 1 is 1.14 bits per heavy atom. The number of rotatable bonds is 3. The molecule has 3 nitrogen and oxygen atoms in total. The van der Waals surface area contributed by atoms with Crippen molar-refractivity contribution in [2.45, 2.75) is 38.3 Å². The Balaban J connectivity index is 1.84. The molecule has 2 aromatic rings. The lowest BCUT2D eigenvalue weighted by atomic mass is 10.1. The molecule has 2 heterocycles. The van der Waals surface area contributed by atoms with Crippen molar-refractivity contribution < 1.29 is 8.78 Å². The fourth-order valence-electron chi connectivity index (χ4n) is 3.24. The molecule has 0 radical (unpaired) electrons. The van der Waals surface area contributed by atoms with Crippen LogP contribution in [0, 0.1) is 11.6 Å². The molecule has 1 aliphatic heterocycles. The van der Waals surface area contributed by atoms with Gasteiger partial charge in [-0.2, -0.15) is 5.10 Å². The second-order valence-electron chi connectivity index (χ2n) is 6.03. The molecule has 1 fully saturated rings. The molecule has 0 aliphatic carbocycles. The number of likely N-dealkylation sites (tertiary alicyclic amines) is 1. The fraction of sp³-hybridized carbons (Fsp3) is 0.471. The second-order valence-corrected chi connectivity index (χ2v) is 6.03. The van der Waals surface area contributed by atoms with E-state index < -0.39 is 11.6 Å². The zero-order valence-electron chi connectivity index (χ0n) is 12.8. The van der Waals surface area contributed by atoms with Gasteiger partial charge in [-0.1, -0.05) is 12.8 Å². The molecular weight excluding hydrogens is 284 g/mol. The smallest absolute Gasteiger partial charge is 0.126 e. The quantitative estimate of drug-likeness (QED) is 0.859. The van der Waals surface area contributed by atoms with E-state index >= 15 is 0 Å². The molecule has 1 aliphatic rings. The third-order valence-corrected chi connectivity index (χ3v) is 4.25. The average molecular weight is 305 g/mol. The lowest BCUT2D eigenvalue weighted by Gasteiger charge is -2.28. The highest BCUT2D eigenvalue weighted by Crippen LogP contribution is 2.30. The topological polar surface area (TPSA) is 21.1 Å². The minimum atomic E-state index is -0.515. The summed E-state index contributed by atoms with van der Waals surface area (Å²) in [6.07, 6.45) is 6.45. The maximum Gasteiger partial charge on any atom is 0.126 e. The molecule has 3 rings (SSSR count). The summed E-state index contributed by atoms with van der Waals surface area (Å²) in [6, 6.07) is 6.01. The molecule has 5 heteroatoms. The van der Waals surface area contributed by atoms with E-state index in [9.17, 15) is 8.78 Å². The van der Waals surface area contributed by atoms with Crippen molar-refractivity contribution in [1.29, 1.82) is 0 Å². The normalized spacial score (nSPS) is 20.0. The summed E-state index contributed by atoms with van der Waals surface area (Å²) in [5.74, 6) is -1.03. The first kappa shape index (κ1) is 15.2. The molecule has 1 unspecified atom stereocenters. The Labute approximate surface area is 129 Å². The van der Waals surface area contributed by atoms with Crippen LogP contribution in [0.1, 0.15) is 43.0 Å². The first-order valence-electron chi connectivity index (χ1n) is 7.80. The average Bonchev–Trinajstić information content (AvgIpc) is 2.74. The summed E-state index contributed by atoms with van der Waals surface area (Å²) in [5, 5.41) is 4.53. The number of halogens is 2. The van der Waals surface area contributed by atoms with E-state index in [0.717, 1.165) is 37.6 Å². The molecule has 118 valence electrons. The number of hydrogen-bond donors (Lipinski definition) is 0. The highest BCUT2D eigenvalue weighted by Gasteiger charge is 2.24. The second kappa shape index (κ2) is 6.57. The zero-order valence-corrected chi connectivity index (χ0v) is 12.8. The zero-order chi connectivity index (χ0) is 15.5. The van der Waals surface area contributed by atoms with E-state index in [2.05, 4.69) is 10.00 Å². The van der Waals surface area contributed by atoms with Crippen LogP contribution in [0.15, 0.2) is 30.5 Å². The summed E-state index contributed by atoms with van der Waals surface area (Å²) in [7, 11) is 1.91. The Kier molecular flexibility index (Phi) is 4.52. The van der Waals surface area contributed by atoms with Crippen molar-refractivity contribution in [3.05, 3.63) is 53.4 Å². The van der Waals surface area contributed by atoms with Gasteiger partial charge in [-0.25, -0.2) is 8.78 Å². The van der Waals surface area contributed by atoms with Gasteiger partial charge >= 0.3 is 0 Å². The third-order valence-electron chi connectivity index (χ3n) is 4.25. The molecular formula is C17H21F2N3. The minimum Gasteiger partial charge on any atom is -0.290 e. The van der Waals surface area contributed by atoms with Crippen molar-refractivity contribution in [3.8, 4) is 0 Å². The van der Waals surface area contributed by atoms with Crippen molar-refractivity contribution in [1.82, 2.24) is 14.7 Å². The van der Waals surface area contributed by atoms with Crippen LogP contribution >= 0.6 is 0 Å². The van der Waals surface area contributed by atoms with E-state index in [4.69, 9.17) is 0 Å². The highest BCUT2D eigenvalue weighted by atomic mass is 19.1. The van der Waals surface area contributed by atoms with Gasteiger partial charge < -0.3 is 0 Å². The Morgan fingerprint density at radius 3 is 2.59 bits per heavy atom. The van der Waals surface area contributed by atoms with Gasteiger partial charge in [0.15, 0.2) is 0 Å². The highest BCUT2D eigenvalue weighted by molar-refractivity contribution is 5.18. The van der Waals surface area contributed by atoms with E-state index in [1.54, 1.807) is 4.68 Å². The van der Waals surface area contributed by atoms with Gasteiger partial charge in [0.2, 0.25) is 0 Å². The summed E-state index contributed by atoms with van der Waals surface area (Å²) in [5.41, 5.74) is 1.72. The lowest BCUT2D eigenvalue weighted by Crippen LogP contribution is -2.28. The van der Waals surface area contributed by atoms with Gasteiger partial charge in [0, 0.05) is 25.9 Å². The van der Waals surface area contributed by atoms with Crippen molar-refractivity contribution >= 4 is 0 Å². The summed E-state index contributed by atoms with van der Waals surface area (Å²) >= 11 is 0. The maximum atomic E-state index is 13.4. The Morgan fingerprint density at radius 2 is 1.91 bits per heavy atom. The van der Waals surface area contributed by atoms with Crippen LogP contribution < -0.4 is 0 Å². The lowest BCUT2D eigenvalue weighted by molar-refractivity contribution is 0.187. The molecule has 1 atom stereocenters. The van der Waals surface area contributed by atoms with Gasteiger partial charge in [0.25, 0.3) is 0 Å². The van der Waals surface area contributed by atoms with Crippen LogP contribution in [0.3, 0.4) is 0 Å². The van der Waals surface area contributed by atoms with Gasteiger partial charge in [0.05, 0.1) is 11.7 Å². The SMILES string of the molecule is Cn1ccc(C2CCCCCN2Cc2cc(F)cc(F)c2)n1. The molecule has 0 N–H and O–H groups in total. The molecule has 1 aromatic heterocycles. The molecule has 0 bridgehead atoms. The number of nitrogens with zero attached hydrogens (tertiary/aromatic N) is 3. The molecule has 22 heavy (non-hydrogen) atoms. The molecule has 1 aromatic carbocycles. The first-order valence-corrected chi connectivity index (χ1v) is 7.80. The standard InChI is InChI=1S/C17H21F2N3/c1-21-8-6-16(20-21)17-5-3-2-4-7-22(17)12-13-9-14(18)11-15(19)10-13/h6,8-11,17H,2-5,7,12H2,1H3. The predicted molar refractivity (Wildman–Crippen MR) is 81.2 cm³/mol. The van der Waals surface area contributed by atoms with E-state index in [0.29, 0.717) is 12.1 Å². The van der Waals surface area contributed by atoms with E-state index in [-0.39, 0.29) is 6.04 Å².